The van der Waals surface area contributed by atoms with Crippen LogP contribution in [0, 0.1) is 0 Å². The van der Waals surface area contributed by atoms with Crippen molar-refractivity contribution in [2.24, 2.45) is 0 Å². The van der Waals surface area contributed by atoms with Gasteiger partial charge in [-0.2, -0.15) is 0 Å². The van der Waals surface area contributed by atoms with Gasteiger partial charge in [-0.25, -0.2) is 4.68 Å². The molecular weight excluding hydrogens is 328 g/mol. The Labute approximate surface area is 145 Å². The second kappa shape index (κ2) is 6.53. The van der Waals surface area contributed by atoms with E-state index in [-0.39, 0.29) is 18.1 Å². The molecule has 126 valence electrons. The number of carbonyl (C=O) groups excluding carboxylic acids is 1. The van der Waals surface area contributed by atoms with Crippen LogP contribution in [0.3, 0.4) is 0 Å². The number of aromatic nitrogens is 3. The summed E-state index contributed by atoms with van der Waals surface area (Å²) >= 11 is 6.19. The average molecular weight is 347 g/mol. The summed E-state index contributed by atoms with van der Waals surface area (Å²) in [6.07, 6.45) is 6.15. The molecule has 4 rings (SSSR count). The zero-order valence-electron chi connectivity index (χ0n) is 13.3. The number of hydrogen-bond donors (Lipinski definition) is 0. The third-order valence-corrected chi connectivity index (χ3v) is 5.12. The van der Waals surface area contributed by atoms with Crippen molar-refractivity contribution in [2.45, 2.75) is 37.8 Å². The minimum Gasteiger partial charge on any atom is -0.374 e. The summed E-state index contributed by atoms with van der Waals surface area (Å²) < 4.78 is 7.39. The van der Waals surface area contributed by atoms with Gasteiger partial charge < -0.3 is 9.64 Å². The highest BCUT2D eigenvalue weighted by Crippen LogP contribution is 2.29. The van der Waals surface area contributed by atoms with Gasteiger partial charge in [0.25, 0.3) is 5.91 Å². The highest BCUT2D eigenvalue weighted by molar-refractivity contribution is 6.32. The molecule has 1 aliphatic heterocycles. The summed E-state index contributed by atoms with van der Waals surface area (Å²) in [6, 6.07) is 7.52. The Balaban J connectivity index is 1.58. The van der Waals surface area contributed by atoms with Crippen molar-refractivity contribution in [1.82, 2.24) is 19.9 Å². The van der Waals surface area contributed by atoms with Crippen LogP contribution in [0.25, 0.3) is 5.69 Å². The lowest BCUT2D eigenvalue weighted by Crippen LogP contribution is -2.54. The first-order valence-corrected chi connectivity index (χ1v) is 8.71. The number of fused-ring (bicyclic) bond motifs is 1. The fourth-order valence-corrected chi connectivity index (χ4v) is 3.84. The topological polar surface area (TPSA) is 60.2 Å². The maximum atomic E-state index is 12.9. The summed E-state index contributed by atoms with van der Waals surface area (Å²) in [5, 5.41) is 8.71. The van der Waals surface area contributed by atoms with Gasteiger partial charge >= 0.3 is 0 Å². The normalized spacial score (nSPS) is 23.8. The molecule has 1 amide bonds. The number of benzene rings is 1. The van der Waals surface area contributed by atoms with Gasteiger partial charge in [0.1, 0.15) is 0 Å². The number of nitrogens with zero attached hydrogens (tertiary/aromatic N) is 4. The molecule has 2 heterocycles. The molecular formula is C17H19ClN4O2. The Morgan fingerprint density at radius 3 is 2.96 bits per heavy atom. The molecule has 2 aliphatic rings. The number of carbonyl (C=O) groups is 1. The Bertz CT molecular complexity index is 746. The number of halogens is 1. The maximum absolute atomic E-state index is 12.9. The number of rotatable bonds is 2. The van der Waals surface area contributed by atoms with Crippen LogP contribution < -0.4 is 0 Å². The monoisotopic (exact) mass is 346 g/mol. The van der Waals surface area contributed by atoms with Crippen LogP contribution in [0.5, 0.6) is 0 Å². The van der Waals surface area contributed by atoms with E-state index in [1.165, 1.54) is 6.42 Å². The molecule has 1 aliphatic carbocycles. The van der Waals surface area contributed by atoms with Crippen molar-refractivity contribution in [2.75, 3.05) is 13.2 Å². The van der Waals surface area contributed by atoms with E-state index >= 15 is 0 Å². The van der Waals surface area contributed by atoms with Crippen LogP contribution in [0.15, 0.2) is 30.5 Å². The molecule has 1 aromatic heterocycles. The number of morpholine rings is 1. The first-order valence-electron chi connectivity index (χ1n) is 8.34. The number of hydrogen-bond acceptors (Lipinski definition) is 4. The predicted octanol–water partition coefficient (Wildman–Crippen LogP) is 2.70. The SMILES string of the molecule is O=C(c1cn(-c2ccccc2Cl)nn1)N1CCOC2CCCCC21. The first-order chi connectivity index (χ1) is 11.7. The minimum absolute atomic E-state index is 0.0755. The van der Waals surface area contributed by atoms with E-state index in [1.807, 2.05) is 23.1 Å². The largest absolute Gasteiger partial charge is 0.374 e. The molecule has 6 nitrogen and oxygen atoms in total. The number of ether oxygens (including phenoxy) is 1. The van der Waals surface area contributed by atoms with Crippen molar-refractivity contribution < 1.29 is 9.53 Å². The van der Waals surface area contributed by atoms with Gasteiger partial charge in [-0.3, -0.25) is 4.79 Å². The van der Waals surface area contributed by atoms with E-state index in [4.69, 9.17) is 16.3 Å². The molecule has 7 heteroatoms. The second-order valence-electron chi connectivity index (χ2n) is 6.26. The molecule has 2 atom stereocenters. The number of para-hydroxylation sites is 1. The molecule has 0 N–H and O–H groups in total. The average Bonchev–Trinajstić information content (AvgIpc) is 3.11. The fraction of sp³-hybridized carbons (Fsp3) is 0.471. The molecule has 0 radical (unpaired) electrons. The van der Waals surface area contributed by atoms with Crippen LogP contribution in [-0.4, -0.2) is 51.1 Å². The van der Waals surface area contributed by atoms with Gasteiger partial charge in [0.05, 0.1) is 35.7 Å². The van der Waals surface area contributed by atoms with Crippen LogP contribution in [0.4, 0.5) is 0 Å². The molecule has 0 spiro atoms. The lowest BCUT2D eigenvalue weighted by molar-refractivity contribution is -0.0754. The predicted molar refractivity (Wildman–Crippen MR) is 89.4 cm³/mol. The summed E-state index contributed by atoms with van der Waals surface area (Å²) in [5.74, 6) is -0.0755. The molecule has 2 fully saturated rings. The lowest BCUT2D eigenvalue weighted by Gasteiger charge is -2.43. The molecule has 1 saturated carbocycles. The molecule has 2 unspecified atom stereocenters. The van der Waals surface area contributed by atoms with Crippen molar-refractivity contribution >= 4 is 17.5 Å². The van der Waals surface area contributed by atoms with Gasteiger partial charge in [-0.15, -0.1) is 5.10 Å². The third-order valence-electron chi connectivity index (χ3n) is 4.80. The molecule has 0 bridgehead atoms. The summed E-state index contributed by atoms with van der Waals surface area (Å²) in [4.78, 5) is 14.8. The van der Waals surface area contributed by atoms with Gasteiger partial charge in [0.15, 0.2) is 5.69 Å². The Hall–Kier alpha value is -1.92. The van der Waals surface area contributed by atoms with Crippen molar-refractivity contribution in [3.8, 4) is 5.69 Å². The van der Waals surface area contributed by atoms with Gasteiger partial charge in [0, 0.05) is 6.54 Å². The van der Waals surface area contributed by atoms with E-state index < -0.39 is 0 Å². The van der Waals surface area contributed by atoms with Gasteiger partial charge in [-0.1, -0.05) is 41.8 Å². The molecule has 2 aromatic rings. The zero-order chi connectivity index (χ0) is 16.5. The van der Waals surface area contributed by atoms with Crippen LogP contribution >= 0.6 is 11.6 Å². The van der Waals surface area contributed by atoms with Crippen LogP contribution in [0.2, 0.25) is 5.02 Å². The van der Waals surface area contributed by atoms with Gasteiger partial charge in [-0.05, 0) is 25.0 Å². The minimum atomic E-state index is -0.0755. The summed E-state index contributed by atoms with van der Waals surface area (Å²) in [7, 11) is 0. The molecule has 1 saturated heterocycles. The maximum Gasteiger partial charge on any atom is 0.276 e. The van der Waals surface area contributed by atoms with E-state index in [9.17, 15) is 4.79 Å². The Kier molecular flexibility index (Phi) is 4.24. The quantitative estimate of drug-likeness (QED) is 0.838. The zero-order valence-corrected chi connectivity index (χ0v) is 14.0. The van der Waals surface area contributed by atoms with E-state index in [2.05, 4.69) is 10.3 Å². The van der Waals surface area contributed by atoms with Crippen LogP contribution in [0.1, 0.15) is 36.2 Å². The second-order valence-corrected chi connectivity index (χ2v) is 6.67. The first kappa shape index (κ1) is 15.6. The van der Waals surface area contributed by atoms with Crippen LogP contribution in [-0.2, 0) is 4.74 Å². The van der Waals surface area contributed by atoms with Crippen molar-refractivity contribution in [3.05, 3.63) is 41.2 Å². The summed E-state index contributed by atoms with van der Waals surface area (Å²) in [6.45, 7) is 1.20. The fourth-order valence-electron chi connectivity index (χ4n) is 3.61. The van der Waals surface area contributed by atoms with Gasteiger partial charge in [0.2, 0.25) is 0 Å². The van der Waals surface area contributed by atoms with E-state index in [1.54, 1.807) is 16.9 Å². The Morgan fingerprint density at radius 2 is 2.08 bits per heavy atom. The summed E-state index contributed by atoms with van der Waals surface area (Å²) in [5.41, 5.74) is 1.06. The highest BCUT2D eigenvalue weighted by atomic mass is 35.5. The number of amides is 1. The van der Waals surface area contributed by atoms with Crippen molar-refractivity contribution in [3.63, 3.8) is 0 Å². The molecule has 24 heavy (non-hydrogen) atoms. The highest BCUT2D eigenvalue weighted by Gasteiger charge is 2.37. The standard InChI is InChI=1S/C17H19ClN4O2/c18-12-5-1-2-6-14(12)22-11-13(19-20-22)17(23)21-9-10-24-16-8-4-3-7-15(16)21/h1-2,5-6,11,15-16H,3-4,7-10H2. The van der Waals surface area contributed by atoms with Crippen molar-refractivity contribution in [1.29, 1.82) is 0 Å². The van der Waals surface area contributed by atoms with E-state index in [0.717, 1.165) is 19.3 Å². The van der Waals surface area contributed by atoms with E-state index in [0.29, 0.717) is 29.6 Å². The third kappa shape index (κ3) is 2.80. The Morgan fingerprint density at radius 1 is 1.25 bits per heavy atom. The smallest absolute Gasteiger partial charge is 0.276 e. The lowest BCUT2D eigenvalue weighted by atomic mass is 9.90. The molecule has 1 aromatic carbocycles.